The predicted octanol–water partition coefficient (Wildman–Crippen LogP) is 4.72. The van der Waals surface area contributed by atoms with Gasteiger partial charge in [0.15, 0.2) is 5.78 Å². The summed E-state index contributed by atoms with van der Waals surface area (Å²) in [6, 6.07) is 5.91. The van der Waals surface area contributed by atoms with Gasteiger partial charge in [0.1, 0.15) is 5.75 Å². The molecule has 0 aliphatic heterocycles. The van der Waals surface area contributed by atoms with Crippen molar-refractivity contribution < 1.29 is 9.53 Å². The molecule has 112 valence electrons. The van der Waals surface area contributed by atoms with Gasteiger partial charge in [-0.1, -0.05) is 25.7 Å². The van der Waals surface area contributed by atoms with Gasteiger partial charge in [-0.3, -0.25) is 4.79 Å². The molecule has 3 heteroatoms. The van der Waals surface area contributed by atoms with Crippen LogP contribution >= 0.6 is 0 Å². The lowest BCUT2D eigenvalue weighted by molar-refractivity contribution is 0.0964. The third kappa shape index (κ3) is 3.12. The van der Waals surface area contributed by atoms with E-state index in [2.05, 4.69) is 4.98 Å². The van der Waals surface area contributed by atoms with Gasteiger partial charge in [0.25, 0.3) is 0 Å². The van der Waals surface area contributed by atoms with Crippen molar-refractivity contribution >= 4 is 16.7 Å². The average Bonchev–Trinajstić information content (AvgIpc) is 3.06. The van der Waals surface area contributed by atoms with Crippen molar-refractivity contribution in [2.75, 3.05) is 0 Å². The molecule has 0 bridgehead atoms. The number of H-pyrrole nitrogens is 1. The van der Waals surface area contributed by atoms with Gasteiger partial charge < -0.3 is 9.72 Å². The fourth-order valence-corrected chi connectivity index (χ4v) is 3.26. The second-order valence-corrected chi connectivity index (χ2v) is 6.35. The Labute approximate surface area is 125 Å². The Morgan fingerprint density at radius 3 is 2.81 bits per heavy atom. The number of hydrogen-bond donors (Lipinski definition) is 1. The fraction of sp³-hybridized carbons (Fsp3) is 0.500. The number of carbonyl (C=O) groups excluding carboxylic acids is 1. The molecule has 21 heavy (non-hydrogen) atoms. The van der Waals surface area contributed by atoms with Gasteiger partial charge >= 0.3 is 0 Å². The number of aromatic amines is 1. The normalized spacial score (nSPS) is 16.0. The van der Waals surface area contributed by atoms with Crippen LogP contribution in [0.25, 0.3) is 10.9 Å². The van der Waals surface area contributed by atoms with E-state index in [9.17, 15) is 4.79 Å². The largest absolute Gasteiger partial charge is 0.491 e. The van der Waals surface area contributed by atoms with Gasteiger partial charge in [0.05, 0.1) is 6.10 Å². The zero-order valence-electron chi connectivity index (χ0n) is 12.8. The minimum absolute atomic E-state index is 0.138. The summed E-state index contributed by atoms with van der Waals surface area (Å²) >= 11 is 0. The van der Waals surface area contributed by atoms with Crippen molar-refractivity contribution in [3.05, 3.63) is 30.0 Å². The second-order valence-electron chi connectivity index (χ2n) is 6.35. The summed E-state index contributed by atoms with van der Waals surface area (Å²) in [5, 5.41) is 0.983. The number of ketones is 1. The van der Waals surface area contributed by atoms with Crippen LogP contribution < -0.4 is 4.74 Å². The summed E-state index contributed by atoms with van der Waals surface area (Å²) in [5.41, 5.74) is 1.81. The highest BCUT2D eigenvalue weighted by Gasteiger charge is 2.21. The van der Waals surface area contributed by atoms with Crippen molar-refractivity contribution in [3.63, 3.8) is 0 Å². The van der Waals surface area contributed by atoms with Gasteiger partial charge in [0, 0.05) is 29.1 Å². The quantitative estimate of drug-likeness (QED) is 0.808. The van der Waals surface area contributed by atoms with Crippen molar-refractivity contribution in [2.45, 2.75) is 52.1 Å². The molecule has 0 unspecified atom stereocenters. The summed E-state index contributed by atoms with van der Waals surface area (Å²) in [7, 11) is 0. The Hall–Kier alpha value is -1.77. The number of nitrogens with one attached hydrogen (secondary N) is 1. The minimum Gasteiger partial charge on any atom is -0.491 e. The third-order valence-electron chi connectivity index (χ3n) is 4.27. The first-order chi connectivity index (χ1) is 10.1. The lowest BCUT2D eigenvalue weighted by Gasteiger charge is -2.10. The Kier molecular flexibility index (Phi) is 4.00. The molecular formula is C18H23NO2. The summed E-state index contributed by atoms with van der Waals surface area (Å²) in [6.07, 6.45) is 7.63. The van der Waals surface area contributed by atoms with Crippen LogP contribution in [0.4, 0.5) is 0 Å². The lowest BCUT2D eigenvalue weighted by Crippen LogP contribution is -2.06. The molecule has 0 saturated heterocycles. The number of fused-ring (bicyclic) bond motifs is 1. The standard InChI is InChI=1S/C18H23NO2/c1-12(2)21-14-7-8-17-15(10-14)16(11-19-17)18(20)9-13-5-3-4-6-13/h7-8,10-13,19H,3-6,9H2,1-2H3. The zero-order valence-corrected chi connectivity index (χ0v) is 12.8. The Bertz CT molecular complexity index is 636. The molecule has 1 aromatic heterocycles. The number of benzene rings is 1. The number of hydrogen-bond acceptors (Lipinski definition) is 2. The molecule has 1 saturated carbocycles. The molecule has 1 aromatic carbocycles. The minimum atomic E-state index is 0.138. The number of ether oxygens (including phenoxy) is 1. The van der Waals surface area contributed by atoms with Gasteiger partial charge in [-0.2, -0.15) is 0 Å². The van der Waals surface area contributed by atoms with Crippen LogP contribution in [-0.2, 0) is 0 Å². The smallest absolute Gasteiger partial charge is 0.165 e. The highest BCUT2D eigenvalue weighted by atomic mass is 16.5. The van der Waals surface area contributed by atoms with Crippen molar-refractivity contribution in [3.8, 4) is 5.75 Å². The number of Topliss-reactive ketones (excluding diaryl/α,β-unsaturated/α-hetero) is 1. The molecule has 1 fully saturated rings. The summed E-state index contributed by atoms with van der Waals surface area (Å²) in [4.78, 5) is 15.7. The lowest BCUT2D eigenvalue weighted by atomic mass is 9.97. The first-order valence-electron chi connectivity index (χ1n) is 7.94. The first kappa shape index (κ1) is 14.2. The fourth-order valence-electron chi connectivity index (χ4n) is 3.26. The number of carbonyl (C=O) groups is 1. The highest BCUT2D eigenvalue weighted by molar-refractivity contribution is 6.08. The molecule has 1 heterocycles. The molecule has 0 atom stereocenters. The Balaban J connectivity index is 1.85. The molecule has 1 N–H and O–H groups in total. The third-order valence-corrected chi connectivity index (χ3v) is 4.27. The van der Waals surface area contributed by atoms with Crippen LogP contribution in [0.1, 0.15) is 56.3 Å². The number of aromatic nitrogens is 1. The van der Waals surface area contributed by atoms with Crippen LogP contribution in [0.15, 0.2) is 24.4 Å². The topological polar surface area (TPSA) is 42.1 Å². The van der Waals surface area contributed by atoms with E-state index in [1.807, 2.05) is 38.2 Å². The SMILES string of the molecule is CC(C)Oc1ccc2[nH]cc(C(=O)CC3CCCC3)c2c1. The Morgan fingerprint density at radius 1 is 1.33 bits per heavy atom. The molecule has 0 spiro atoms. The van der Waals surface area contributed by atoms with Crippen LogP contribution in [0.3, 0.4) is 0 Å². The van der Waals surface area contributed by atoms with Gasteiger partial charge in [-0.15, -0.1) is 0 Å². The maximum absolute atomic E-state index is 12.5. The van der Waals surface area contributed by atoms with E-state index in [0.717, 1.165) is 22.2 Å². The number of rotatable bonds is 5. The van der Waals surface area contributed by atoms with E-state index < -0.39 is 0 Å². The van der Waals surface area contributed by atoms with Crippen molar-refractivity contribution in [1.29, 1.82) is 0 Å². The molecular weight excluding hydrogens is 262 g/mol. The van der Waals surface area contributed by atoms with Gasteiger partial charge in [-0.05, 0) is 38.0 Å². The van der Waals surface area contributed by atoms with Crippen molar-refractivity contribution in [1.82, 2.24) is 4.98 Å². The van der Waals surface area contributed by atoms with E-state index >= 15 is 0 Å². The maximum atomic E-state index is 12.5. The molecule has 3 rings (SSSR count). The van der Waals surface area contributed by atoms with E-state index in [1.165, 1.54) is 25.7 Å². The predicted molar refractivity (Wildman–Crippen MR) is 85.0 cm³/mol. The molecule has 0 radical (unpaired) electrons. The van der Waals surface area contributed by atoms with E-state index in [0.29, 0.717) is 12.3 Å². The van der Waals surface area contributed by atoms with E-state index in [1.54, 1.807) is 0 Å². The zero-order chi connectivity index (χ0) is 14.8. The average molecular weight is 285 g/mol. The molecule has 1 aliphatic carbocycles. The van der Waals surface area contributed by atoms with Crippen LogP contribution in [0.2, 0.25) is 0 Å². The summed E-state index contributed by atoms with van der Waals surface area (Å²) in [5.74, 6) is 1.67. The summed E-state index contributed by atoms with van der Waals surface area (Å²) in [6.45, 7) is 4.01. The van der Waals surface area contributed by atoms with Crippen LogP contribution in [0, 0.1) is 5.92 Å². The van der Waals surface area contributed by atoms with Gasteiger partial charge in [0.2, 0.25) is 0 Å². The van der Waals surface area contributed by atoms with Crippen LogP contribution in [-0.4, -0.2) is 16.9 Å². The molecule has 1 aliphatic rings. The molecule has 3 nitrogen and oxygen atoms in total. The molecule has 2 aromatic rings. The maximum Gasteiger partial charge on any atom is 0.165 e. The summed E-state index contributed by atoms with van der Waals surface area (Å²) < 4.78 is 5.73. The monoisotopic (exact) mass is 285 g/mol. The first-order valence-corrected chi connectivity index (χ1v) is 7.94. The highest BCUT2D eigenvalue weighted by Crippen LogP contribution is 2.31. The van der Waals surface area contributed by atoms with E-state index in [-0.39, 0.29) is 11.9 Å². The van der Waals surface area contributed by atoms with Gasteiger partial charge in [-0.25, -0.2) is 0 Å². The molecule has 0 amide bonds. The van der Waals surface area contributed by atoms with Crippen molar-refractivity contribution in [2.24, 2.45) is 5.92 Å². The second kappa shape index (κ2) is 5.92. The van der Waals surface area contributed by atoms with Crippen LogP contribution in [0.5, 0.6) is 5.75 Å². The van der Waals surface area contributed by atoms with E-state index in [4.69, 9.17) is 4.74 Å². The Morgan fingerprint density at radius 2 is 2.10 bits per heavy atom.